The van der Waals surface area contributed by atoms with E-state index in [0.29, 0.717) is 11.7 Å². The lowest BCUT2D eigenvalue weighted by Crippen LogP contribution is -2.10. The minimum atomic E-state index is -0.132. The predicted octanol–water partition coefficient (Wildman–Crippen LogP) is 3.00. The molecular formula is C12H15N3OS2. The van der Waals surface area contributed by atoms with Gasteiger partial charge in [-0.3, -0.25) is 0 Å². The van der Waals surface area contributed by atoms with Crippen molar-refractivity contribution in [3.05, 3.63) is 22.3 Å². The van der Waals surface area contributed by atoms with Gasteiger partial charge in [0, 0.05) is 10.6 Å². The third-order valence-corrected chi connectivity index (χ3v) is 5.28. The third kappa shape index (κ3) is 2.20. The van der Waals surface area contributed by atoms with E-state index in [1.54, 1.807) is 11.3 Å². The number of aryl methyl sites for hydroxylation is 1. The summed E-state index contributed by atoms with van der Waals surface area (Å²) in [5.74, 6) is 3.52. The van der Waals surface area contributed by atoms with Crippen LogP contribution in [0.15, 0.2) is 10.6 Å². The number of thioether (sulfide) groups is 1. The van der Waals surface area contributed by atoms with Gasteiger partial charge in [-0.15, -0.1) is 11.3 Å². The Balaban J connectivity index is 1.90. The number of hydrogen-bond donors (Lipinski definition) is 1. The van der Waals surface area contributed by atoms with Gasteiger partial charge in [-0.05, 0) is 30.2 Å². The zero-order chi connectivity index (χ0) is 12.5. The lowest BCUT2D eigenvalue weighted by molar-refractivity contribution is 0.416. The van der Waals surface area contributed by atoms with Gasteiger partial charge in [0.1, 0.15) is 0 Å². The molecule has 18 heavy (non-hydrogen) atoms. The standard InChI is InChI=1S/C12H15N3OS2/c1-2-8(13)11-14-12(16-15-11)10-5-7-6-17-4-3-9(7)18-10/h5,8H,2-4,6,13H2,1H3. The molecule has 2 aromatic heterocycles. The molecule has 0 aliphatic carbocycles. The van der Waals surface area contributed by atoms with Crippen molar-refractivity contribution in [2.24, 2.45) is 5.73 Å². The summed E-state index contributed by atoms with van der Waals surface area (Å²) in [4.78, 5) is 6.93. The van der Waals surface area contributed by atoms with Gasteiger partial charge >= 0.3 is 0 Å². The van der Waals surface area contributed by atoms with Gasteiger partial charge in [0.15, 0.2) is 5.82 Å². The molecule has 1 atom stereocenters. The van der Waals surface area contributed by atoms with E-state index in [1.807, 2.05) is 18.7 Å². The highest BCUT2D eigenvalue weighted by Crippen LogP contribution is 2.36. The highest BCUT2D eigenvalue weighted by molar-refractivity contribution is 7.98. The molecule has 0 bridgehead atoms. The minimum Gasteiger partial charge on any atom is -0.333 e. The molecule has 2 aromatic rings. The summed E-state index contributed by atoms with van der Waals surface area (Å²) in [6.45, 7) is 2.02. The number of nitrogens with zero attached hydrogens (tertiary/aromatic N) is 2. The number of nitrogens with two attached hydrogens (primary N) is 1. The highest BCUT2D eigenvalue weighted by atomic mass is 32.2. The van der Waals surface area contributed by atoms with Crippen molar-refractivity contribution in [1.82, 2.24) is 10.1 Å². The van der Waals surface area contributed by atoms with Crippen LogP contribution in [0.1, 0.15) is 35.7 Å². The second-order valence-corrected chi connectivity index (χ2v) is 6.58. The fraction of sp³-hybridized carbons (Fsp3) is 0.500. The second kappa shape index (κ2) is 5.03. The van der Waals surface area contributed by atoms with Crippen LogP contribution >= 0.6 is 23.1 Å². The van der Waals surface area contributed by atoms with Crippen LogP contribution in [0, 0.1) is 0 Å². The quantitative estimate of drug-likeness (QED) is 0.937. The van der Waals surface area contributed by atoms with Crippen molar-refractivity contribution in [3.8, 4) is 10.8 Å². The molecule has 4 nitrogen and oxygen atoms in total. The highest BCUT2D eigenvalue weighted by Gasteiger charge is 2.19. The molecule has 0 fully saturated rings. The molecule has 3 heterocycles. The van der Waals surface area contributed by atoms with Gasteiger partial charge in [0.25, 0.3) is 5.89 Å². The molecule has 0 amide bonds. The van der Waals surface area contributed by atoms with Crippen LogP contribution in [0.25, 0.3) is 10.8 Å². The zero-order valence-corrected chi connectivity index (χ0v) is 11.8. The smallest absolute Gasteiger partial charge is 0.268 e. The van der Waals surface area contributed by atoms with Gasteiger partial charge in [-0.2, -0.15) is 16.7 Å². The van der Waals surface area contributed by atoms with Crippen molar-refractivity contribution in [1.29, 1.82) is 0 Å². The summed E-state index contributed by atoms with van der Waals surface area (Å²) in [7, 11) is 0. The number of rotatable bonds is 3. The lowest BCUT2D eigenvalue weighted by Gasteiger charge is -2.08. The van der Waals surface area contributed by atoms with E-state index in [1.165, 1.54) is 16.2 Å². The Hall–Kier alpha value is -0.850. The van der Waals surface area contributed by atoms with Gasteiger partial charge in [-0.25, -0.2) is 0 Å². The average Bonchev–Trinajstić information content (AvgIpc) is 3.03. The maximum absolute atomic E-state index is 5.90. The number of aromatic nitrogens is 2. The Morgan fingerprint density at radius 2 is 2.44 bits per heavy atom. The Labute approximate surface area is 114 Å². The molecule has 6 heteroatoms. The fourth-order valence-electron chi connectivity index (χ4n) is 1.92. The first-order chi connectivity index (χ1) is 8.78. The van der Waals surface area contributed by atoms with Crippen molar-refractivity contribution in [3.63, 3.8) is 0 Å². The topological polar surface area (TPSA) is 64.9 Å². The molecule has 1 unspecified atom stereocenters. The summed E-state index contributed by atoms with van der Waals surface area (Å²) in [5, 5.41) is 3.96. The molecule has 3 rings (SSSR count). The summed E-state index contributed by atoms with van der Waals surface area (Å²) in [5.41, 5.74) is 7.32. The molecule has 0 saturated heterocycles. The molecule has 2 N–H and O–H groups in total. The molecular weight excluding hydrogens is 266 g/mol. The van der Waals surface area contributed by atoms with Crippen LogP contribution in [0.2, 0.25) is 0 Å². The molecule has 1 aliphatic rings. The minimum absolute atomic E-state index is 0.132. The maximum Gasteiger partial charge on any atom is 0.268 e. The van der Waals surface area contributed by atoms with Gasteiger partial charge in [0.2, 0.25) is 0 Å². The van der Waals surface area contributed by atoms with E-state index < -0.39 is 0 Å². The summed E-state index contributed by atoms with van der Waals surface area (Å²) >= 11 is 3.75. The van der Waals surface area contributed by atoms with Gasteiger partial charge in [-0.1, -0.05) is 12.1 Å². The lowest BCUT2D eigenvalue weighted by atomic mass is 10.2. The van der Waals surface area contributed by atoms with E-state index >= 15 is 0 Å². The Kier molecular flexibility index (Phi) is 3.41. The van der Waals surface area contributed by atoms with Crippen LogP contribution in [0.5, 0.6) is 0 Å². The number of hydrogen-bond acceptors (Lipinski definition) is 6. The summed E-state index contributed by atoms with van der Waals surface area (Å²) < 4.78 is 5.31. The first kappa shape index (κ1) is 12.2. The van der Waals surface area contributed by atoms with Crippen LogP contribution in [-0.4, -0.2) is 15.9 Å². The van der Waals surface area contributed by atoms with Gasteiger partial charge in [0.05, 0.1) is 10.9 Å². The molecule has 1 aliphatic heterocycles. The van der Waals surface area contributed by atoms with Crippen molar-refractivity contribution in [2.45, 2.75) is 31.6 Å². The molecule has 0 saturated carbocycles. The van der Waals surface area contributed by atoms with Crippen molar-refractivity contribution >= 4 is 23.1 Å². The summed E-state index contributed by atoms with van der Waals surface area (Å²) in [6, 6.07) is 2.05. The third-order valence-electron chi connectivity index (χ3n) is 3.05. The van der Waals surface area contributed by atoms with Crippen LogP contribution in [-0.2, 0) is 12.2 Å². The predicted molar refractivity (Wildman–Crippen MR) is 74.7 cm³/mol. The van der Waals surface area contributed by atoms with E-state index in [2.05, 4.69) is 16.2 Å². The molecule has 0 aromatic carbocycles. The monoisotopic (exact) mass is 281 g/mol. The van der Waals surface area contributed by atoms with Crippen molar-refractivity contribution < 1.29 is 4.52 Å². The Morgan fingerprint density at radius 3 is 3.22 bits per heavy atom. The molecule has 96 valence electrons. The van der Waals surface area contributed by atoms with E-state index in [-0.39, 0.29) is 6.04 Å². The normalized spacial score (nSPS) is 16.6. The van der Waals surface area contributed by atoms with Crippen LogP contribution in [0.4, 0.5) is 0 Å². The zero-order valence-electron chi connectivity index (χ0n) is 10.2. The molecule has 0 radical (unpaired) electrons. The number of fused-ring (bicyclic) bond motifs is 1. The number of thiophene rings is 1. The Morgan fingerprint density at radius 1 is 1.56 bits per heavy atom. The Bertz CT molecular complexity index is 526. The first-order valence-corrected chi connectivity index (χ1v) is 8.04. The van der Waals surface area contributed by atoms with Gasteiger partial charge < -0.3 is 10.3 Å². The largest absolute Gasteiger partial charge is 0.333 e. The second-order valence-electron chi connectivity index (χ2n) is 4.33. The van der Waals surface area contributed by atoms with E-state index in [9.17, 15) is 0 Å². The maximum atomic E-state index is 5.90. The van der Waals surface area contributed by atoms with Crippen LogP contribution < -0.4 is 5.73 Å². The van der Waals surface area contributed by atoms with E-state index in [4.69, 9.17) is 10.3 Å². The first-order valence-electron chi connectivity index (χ1n) is 6.06. The van der Waals surface area contributed by atoms with E-state index in [0.717, 1.165) is 23.5 Å². The fourth-order valence-corrected chi connectivity index (χ4v) is 4.21. The summed E-state index contributed by atoms with van der Waals surface area (Å²) in [6.07, 6.45) is 1.97. The molecule has 0 spiro atoms. The average molecular weight is 281 g/mol. The SMILES string of the molecule is CCC(N)c1noc(-c2cc3c(s2)CCSC3)n1. The van der Waals surface area contributed by atoms with Crippen molar-refractivity contribution in [2.75, 3.05) is 5.75 Å². The van der Waals surface area contributed by atoms with Crippen LogP contribution in [0.3, 0.4) is 0 Å².